The smallest absolute Gasteiger partial charge is 0.326 e. The zero-order valence-electron chi connectivity index (χ0n) is 32.1. The number of ether oxygens (including phenoxy) is 5. The van der Waals surface area contributed by atoms with Crippen LogP contribution in [0.4, 0.5) is 0 Å². The van der Waals surface area contributed by atoms with E-state index in [1.807, 2.05) is 0 Å². The van der Waals surface area contributed by atoms with E-state index < -0.39 is 54.3 Å². The van der Waals surface area contributed by atoms with Crippen LogP contribution in [0.25, 0.3) is 0 Å². The SMILES string of the molecule is C=C(C)C(=O)c1ccc(OCCOC(=O)CN2C(=O)c3ccccc3C2=O)cc1.CC1(C(=O)c2ccc(OCCOC(=O)CN3C(=O)c4ccccc4C3=O)cc2)CO1. The number of fused-ring (bicyclic) bond motifs is 2. The molecule has 4 aromatic rings. The Kier molecular flexibility index (Phi) is 12.6. The number of carbonyl (C=O) groups excluding carboxylic acids is 8. The highest BCUT2D eigenvalue weighted by atomic mass is 16.6. The molecule has 7 rings (SSSR count). The molecule has 3 aliphatic rings. The first-order valence-electron chi connectivity index (χ1n) is 18.3. The van der Waals surface area contributed by atoms with Crippen molar-refractivity contribution in [1.29, 1.82) is 0 Å². The second kappa shape index (κ2) is 17.9. The minimum Gasteiger partial charge on any atom is -0.490 e. The number of rotatable bonds is 16. The van der Waals surface area contributed by atoms with E-state index >= 15 is 0 Å². The van der Waals surface area contributed by atoms with Crippen molar-refractivity contribution in [2.75, 3.05) is 46.1 Å². The average Bonchev–Trinajstić information content (AvgIpc) is 3.91. The second-order valence-electron chi connectivity index (χ2n) is 13.6. The van der Waals surface area contributed by atoms with Crippen LogP contribution in [-0.4, -0.2) is 109 Å². The molecule has 15 heteroatoms. The third-order valence-corrected chi connectivity index (χ3v) is 9.24. The van der Waals surface area contributed by atoms with Gasteiger partial charge in [0.05, 0.1) is 28.9 Å². The monoisotopic (exact) mass is 802 g/mol. The van der Waals surface area contributed by atoms with Gasteiger partial charge < -0.3 is 23.7 Å². The van der Waals surface area contributed by atoms with Crippen molar-refractivity contribution in [3.63, 3.8) is 0 Å². The summed E-state index contributed by atoms with van der Waals surface area (Å²) < 4.78 is 26.2. The van der Waals surface area contributed by atoms with E-state index in [9.17, 15) is 38.4 Å². The first-order chi connectivity index (χ1) is 28.3. The van der Waals surface area contributed by atoms with Gasteiger partial charge in [-0.15, -0.1) is 0 Å². The van der Waals surface area contributed by atoms with Crippen LogP contribution < -0.4 is 9.47 Å². The Bertz CT molecular complexity index is 2280. The second-order valence-corrected chi connectivity index (χ2v) is 13.6. The molecule has 0 aliphatic carbocycles. The van der Waals surface area contributed by atoms with Crippen LogP contribution in [0.1, 0.15) is 76.0 Å². The van der Waals surface area contributed by atoms with Gasteiger partial charge >= 0.3 is 11.9 Å². The van der Waals surface area contributed by atoms with E-state index in [4.69, 9.17) is 23.7 Å². The standard InChI is InChI=1S/C22H19NO7.C22H19NO6/c1-22(13-30-22)19(25)14-6-8-15(9-7-14)28-10-11-29-18(24)12-23-20(26)16-4-2-3-5-17(16)21(23)27;1-14(2)20(25)15-7-9-16(10-8-15)28-11-12-29-19(24)13-23-21(26)17-5-3-4-6-18(17)22(23)27/h2-9H,10-13H2,1H3;3-10H,1,11-13H2,2H3. The number of amides is 4. The predicted molar refractivity (Wildman–Crippen MR) is 207 cm³/mol. The summed E-state index contributed by atoms with van der Waals surface area (Å²) in [4.78, 5) is 98.6. The van der Waals surface area contributed by atoms with Gasteiger partial charge in [0.15, 0.2) is 17.2 Å². The number of Topliss-reactive ketones (excluding diaryl/α,β-unsaturated/α-hetero) is 2. The molecular formula is C44H38N2O13. The van der Waals surface area contributed by atoms with E-state index in [0.29, 0.717) is 34.8 Å². The minimum absolute atomic E-state index is 0.0470. The molecule has 0 bridgehead atoms. The molecular weight excluding hydrogens is 764 g/mol. The van der Waals surface area contributed by atoms with Crippen molar-refractivity contribution in [3.05, 3.63) is 143 Å². The summed E-state index contributed by atoms with van der Waals surface area (Å²) in [5, 5.41) is 0. The Morgan fingerprint density at radius 3 is 1.29 bits per heavy atom. The highest BCUT2D eigenvalue weighted by Crippen LogP contribution is 2.31. The van der Waals surface area contributed by atoms with Crippen LogP contribution in [0.3, 0.4) is 0 Å². The number of esters is 2. The van der Waals surface area contributed by atoms with Crippen LogP contribution in [0.2, 0.25) is 0 Å². The molecule has 0 aromatic heterocycles. The lowest BCUT2D eigenvalue weighted by Gasteiger charge is -2.13. The maximum Gasteiger partial charge on any atom is 0.326 e. The number of ketones is 2. The number of hydrogen-bond acceptors (Lipinski definition) is 13. The summed E-state index contributed by atoms with van der Waals surface area (Å²) in [6.07, 6.45) is 0. The van der Waals surface area contributed by atoms with Gasteiger partial charge in [-0.25, -0.2) is 0 Å². The van der Waals surface area contributed by atoms with Crippen LogP contribution in [-0.2, 0) is 23.8 Å². The summed E-state index contributed by atoms with van der Waals surface area (Å²) in [7, 11) is 0. The van der Waals surface area contributed by atoms with Gasteiger partial charge in [0.2, 0.25) is 0 Å². The molecule has 0 N–H and O–H groups in total. The van der Waals surface area contributed by atoms with Gasteiger partial charge in [-0.2, -0.15) is 0 Å². The van der Waals surface area contributed by atoms with Crippen molar-refractivity contribution >= 4 is 47.1 Å². The fraction of sp³-hybridized carbons (Fsp3) is 0.227. The molecule has 3 heterocycles. The summed E-state index contributed by atoms with van der Waals surface area (Å²) in [5.41, 5.74) is 1.90. The van der Waals surface area contributed by atoms with Gasteiger partial charge in [-0.1, -0.05) is 30.8 Å². The number of imide groups is 2. The van der Waals surface area contributed by atoms with Crippen molar-refractivity contribution < 1.29 is 62.0 Å². The summed E-state index contributed by atoms with van der Waals surface area (Å²) in [5.74, 6) is -2.63. The van der Waals surface area contributed by atoms with Crippen LogP contribution in [0, 0.1) is 0 Å². The molecule has 4 amide bonds. The Morgan fingerprint density at radius 2 is 0.949 bits per heavy atom. The topological polar surface area (TPSA) is 192 Å². The zero-order valence-corrected chi connectivity index (χ0v) is 32.1. The summed E-state index contributed by atoms with van der Waals surface area (Å²) in [6.45, 7) is 6.60. The fourth-order valence-electron chi connectivity index (χ4n) is 5.94. The molecule has 0 radical (unpaired) electrons. The van der Waals surface area contributed by atoms with Gasteiger partial charge in [-0.3, -0.25) is 48.2 Å². The molecule has 1 unspecified atom stereocenters. The van der Waals surface area contributed by atoms with Gasteiger partial charge in [0.1, 0.15) is 51.0 Å². The minimum atomic E-state index is -0.712. The maximum atomic E-state index is 12.2. The number of epoxide rings is 1. The Hall–Kier alpha value is -7.26. The lowest BCUT2D eigenvalue weighted by molar-refractivity contribution is -0.145. The van der Waals surface area contributed by atoms with Crippen molar-refractivity contribution in [1.82, 2.24) is 9.80 Å². The van der Waals surface area contributed by atoms with Gasteiger partial charge in [-0.05, 0) is 92.2 Å². The third-order valence-electron chi connectivity index (χ3n) is 9.24. The first-order valence-corrected chi connectivity index (χ1v) is 18.3. The largest absolute Gasteiger partial charge is 0.490 e. The third kappa shape index (κ3) is 9.65. The average molecular weight is 803 g/mol. The van der Waals surface area contributed by atoms with E-state index in [1.165, 1.54) is 0 Å². The highest BCUT2D eigenvalue weighted by molar-refractivity contribution is 6.23. The Morgan fingerprint density at radius 1 is 0.593 bits per heavy atom. The lowest BCUT2D eigenvalue weighted by Crippen LogP contribution is -2.36. The molecule has 1 fully saturated rings. The summed E-state index contributed by atoms with van der Waals surface area (Å²) >= 11 is 0. The van der Waals surface area contributed by atoms with Crippen LogP contribution in [0.5, 0.6) is 11.5 Å². The van der Waals surface area contributed by atoms with Crippen molar-refractivity contribution in [3.8, 4) is 11.5 Å². The lowest BCUT2D eigenvalue weighted by atomic mass is 10.0. The fourth-order valence-corrected chi connectivity index (χ4v) is 5.94. The molecule has 59 heavy (non-hydrogen) atoms. The predicted octanol–water partition coefficient (Wildman–Crippen LogP) is 4.54. The Labute approximate surface area is 338 Å². The van der Waals surface area contributed by atoms with Crippen LogP contribution >= 0.6 is 0 Å². The molecule has 4 aromatic carbocycles. The Balaban J connectivity index is 0.000000199. The molecule has 1 saturated heterocycles. The number of nitrogens with zero attached hydrogens (tertiary/aromatic N) is 2. The number of benzene rings is 4. The zero-order chi connectivity index (χ0) is 42.3. The molecule has 302 valence electrons. The number of carbonyl (C=O) groups is 8. The highest BCUT2D eigenvalue weighted by Gasteiger charge is 2.47. The molecule has 15 nitrogen and oxygen atoms in total. The van der Waals surface area contributed by atoms with Gasteiger partial charge in [0, 0.05) is 11.1 Å². The van der Waals surface area contributed by atoms with Crippen LogP contribution in [0.15, 0.2) is 109 Å². The molecule has 3 aliphatic heterocycles. The van der Waals surface area contributed by atoms with E-state index in [2.05, 4.69) is 6.58 Å². The number of hydrogen-bond donors (Lipinski definition) is 0. The molecule has 0 spiro atoms. The van der Waals surface area contributed by atoms with E-state index in [0.717, 1.165) is 9.80 Å². The normalized spacial score (nSPS) is 16.0. The summed E-state index contributed by atoms with van der Waals surface area (Å²) in [6, 6.07) is 25.9. The maximum absolute atomic E-state index is 12.2. The molecule has 0 saturated carbocycles. The molecule has 1 atom stereocenters. The number of allylic oxidation sites excluding steroid dienone is 1. The van der Waals surface area contributed by atoms with E-state index in [-0.39, 0.29) is 60.2 Å². The quantitative estimate of drug-likeness (QED) is 0.0383. The van der Waals surface area contributed by atoms with Crippen molar-refractivity contribution in [2.45, 2.75) is 19.4 Å². The van der Waals surface area contributed by atoms with Gasteiger partial charge in [0.25, 0.3) is 23.6 Å². The van der Waals surface area contributed by atoms with E-state index in [1.54, 1.807) is 111 Å². The van der Waals surface area contributed by atoms with Crippen molar-refractivity contribution in [2.24, 2.45) is 0 Å². The first kappa shape index (κ1) is 41.4.